The number of nitrogens with two attached hydrogens (primary N) is 1. The molecule has 0 unspecified atom stereocenters. The molecule has 7 nitrogen and oxygen atoms in total. The minimum absolute atomic E-state index is 0.468. The monoisotopic (exact) mass is 361 g/mol. The number of aromatic amines is 1. The van der Waals surface area contributed by atoms with Gasteiger partial charge in [-0.05, 0) is 61.9 Å². The second-order valence-corrected chi connectivity index (χ2v) is 7.47. The average molecular weight is 361 g/mol. The van der Waals surface area contributed by atoms with E-state index in [1.807, 2.05) is 30.5 Å². The second-order valence-electron chi connectivity index (χ2n) is 7.47. The van der Waals surface area contributed by atoms with Crippen LogP contribution in [0.2, 0.25) is 0 Å². The standard InChI is InChI=1S/C20H23N7/c21-15-5-7-16(8-6-15)23-11-13-1-3-14(4-2-13)18-19-17-9-10-22-20(17)24-12-27(19)26-25-18/h5-10,12-14,22-23H,1-4,11,21H2/t13-,14-. The van der Waals surface area contributed by atoms with E-state index in [1.165, 1.54) is 12.8 Å². The van der Waals surface area contributed by atoms with Crippen LogP contribution in [0.1, 0.15) is 37.3 Å². The lowest BCUT2D eigenvalue weighted by Crippen LogP contribution is -2.20. The van der Waals surface area contributed by atoms with Gasteiger partial charge in [-0.3, -0.25) is 0 Å². The van der Waals surface area contributed by atoms with Crippen molar-refractivity contribution in [2.45, 2.75) is 31.6 Å². The summed E-state index contributed by atoms with van der Waals surface area (Å²) >= 11 is 0. The minimum atomic E-state index is 0.468. The van der Waals surface area contributed by atoms with E-state index in [9.17, 15) is 0 Å². The molecule has 0 radical (unpaired) electrons. The van der Waals surface area contributed by atoms with Crippen molar-refractivity contribution in [3.8, 4) is 0 Å². The SMILES string of the molecule is Nc1ccc(NC[C@H]2CC[C@H](c3nnn4cnc5[nH]ccc5c34)CC2)cc1. The van der Waals surface area contributed by atoms with Gasteiger partial charge >= 0.3 is 0 Å². The highest BCUT2D eigenvalue weighted by molar-refractivity contribution is 5.92. The molecule has 0 spiro atoms. The van der Waals surface area contributed by atoms with Gasteiger partial charge in [0.1, 0.15) is 17.5 Å². The fraction of sp³-hybridized carbons (Fsp3) is 0.350. The van der Waals surface area contributed by atoms with Crippen molar-refractivity contribution >= 4 is 27.9 Å². The first kappa shape index (κ1) is 16.1. The predicted molar refractivity (Wildman–Crippen MR) is 107 cm³/mol. The van der Waals surface area contributed by atoms with Crippen LogP contribution in [0.15, 0.2) is 42.9 Å². The second kappa shape index (κ2) is 6.57. The molecule has 1 aliphatic rings. The normalized spacial score (nSPS) is 20.3. The van der Waals surface area contributed by atoms with E-state index in [0.29, 0.717) is 11.8 Å². The Hall–Kier alpha value is -3.09. The van der Waals surface area contributed by atoms with Crippen LogP contribution in [0.5, 0.6) is 0 Å². The number of aromatic nitrogens is 5. The van der Waals surface area contributed by atoms with Crippen molar-refractivity contribution in [3.05, 3.63) is 48.5 Å². The molecule has 3 heterocycles. The minimum Gasteiger partial charge on any atom is -0.399 e. The molecular formula is C20H23N7. The summed E-state index contributed by atoms with van der Waals surface area (Å²) in [7, 11) is 0. The maximum absolute atomic E-state index is 5.75. The van der Waals surface area contributed by atoms with Crippen LogP contribution in [0.4, 0.5) is 11.4 Å². The zero-order valence-corrected chi connectivity index (χ0v) is 15.1. The summed E-state index contributed by atoms with van der Waals surface area (Å²) in [4.78, 5) is 7.57. The summed E-state index contributed by atoms with van der Waals surface area (Å²) in [6, 6.07) is 10.0. The molecule has 7 heteroatoms. The van der Waals surface area contributed by atoms with E-state index < -0.39 is 0 Å². The zero-order valence-electron chi connectivity index (χ0n) is 15.1. The number of nitrogens with one attached hydrogen (secondary N) is 2. The molecule has 5 rings (SSSR count). The van der Waals surface area contributed by atoms with Gasteiger partial charge in [0, 0.05) is 35.4 Å². The van der Waals surface area contributed by atoms with Crippen LogP contribution < -0.4 is 11.1 Å². The summed E-state index contributed by atoms with van der Waals surface area (Å²) in [5, 5.41) is 13.4. The van der Waals surface area contributed by atoms with Gasteiger partial charge < -0.3 is 16.0 Å². The van der Waals surface area contributed by atoms with Gasteiger partial charge in [-0.15, -0.1) is 5.10 Å². The molecule has 0 atom stereocenters. The smallest absolute Gasteiger partial charge is 0.141 e. The Morgan fingerprint density at radius 1 is 1.11 bits per heavy atom. The molecule has 27 heavy (non-hydrogen) atoms. The summed E-state index contributed by atoms with van der Waals surface area (Å²) in [6.45, 7) is 1.00. The molecular weight excluding hydrogens is 338 g/mol. The van der Waals surface area contributed by atoms with E-state index in [2.05, 4.69) is 31.7 Å². The molecule has 0 saturated heterocycles. The number of nitrogen functional groups attached to an aromatic ring is 1. The Balaban J connectivity index is 1.27. The van der Waals surface area contributed by atoms with Crippen molar-refractivity contribution in [3.63, 3.8) is 0 Å². The van der Waals surface area contributed by atoms with Gasteiger partial charge in [0.25, 0.3) is 0 Å². The summed E-state index contributed by atoms with van der Waals surface area (Å²) in [6.07, 6.45) is 8.37. The maximum atomic E-state index is 5.75. The fourth-order valence-corrected chi connectivity index (χ4v) is 4.20. The highest BCUT2D eigenvalue weighted by Crippen LogP contribution is 2.37. The molecule has 3 aromatic heterocycles. The summed E-state index contributed by atoms with van der Waals surface area (Å²) in [5.41, 5.74) is 10.8. The van der Waals surface area contributed by atoms with Crippen molar-refractivity contribution in [1.29, 1.82) is 0 Å². The van der Waals surface area contributed by atoms with Crippen molar-refractivity contribution in [1.82, 2.24) is 24.8 Å². The van der Waals surface area contributed by atoms with Crippen LogP contribution in [-0.4, -0.2) is 31.3 Å². The van der Waals surface area contributed by atoms with E-state index in [0.717, 1.165) is 53.0 Å². The molecule has 0 aliphatic heterocycles. The Bertz CT molecular complexity index is 1060. The van der Waals surface area contributed by atoms with Gasteiger partial charge in [0.2, 0.25) is 0 Å². The first-order valence-corrected chi connectivity index (χ1v) is 9.54. The molecule has 1 aromatic carbocycles. The predicted octanol–water partition coefficient (Wildman–Crippen LogP) is 3.57. The Kier molecular flexibility index (Phi) is 3.92. The van der Waals surface area contributed by atoms with Gasteiger partial charge in [-0.25, -0.2) is 9.50 Å². The lowest BCUT2D eigenvalue weighted by molar-refractivity contribution is 0.336. The topological polar surface area (TPSA) is 96.9 Å². The van der Waals surface area contributed by atoms with Crippen LogP contribution in [0.25, 0.3) is 16.6 Å². The first-order valence-electron chi connectivity index (χ1n) is 9.54. The summed E-state index contributed by atoms with van der Waals surface area (Å²) in [5.74, 6) is 1.16. The third kappa shape index (κ3) is 2.99. The maximum Gasteiger partial charge on any atom is 0.141 e. The molecule has 4 N–H and O–H groups in total. The number of hydrogen-bond acceptors (Lipinski definition) is 5. The number of nitrogens with zero attached hydrogens (tertiary/aromatic N) is 4. The molecule has 1 aliphatic carbocycles. The molecule has 1 fully saturated rings. The van der Waals surface area contributed by atoms with Gasteiger partial charge in [0.15, 0.2) is 0 Å². The lowest BCUT2D eigenvalue weighted by Gasteiger charge is -2.28. The molecule has 1 saturated carbocycles. The zero-order chi connectivity index (χ0) is 18.2. The highest BCUT2D eigenvalue weighted by Gasteiger charge is 2.26. The Labute approximate surface area is 157 Å². The van der Waals surface area contributed by atoms with Crippen LogP contribution in [-0.2, 0) is 0 Å². The number of rotatable bonds is 4. The van der Waals surface area contributed by atoms with Gasteiger partial charge in [0.05, 0.1) is 5.69 Å². The number of hydrogen-bond donors (Lipinski definition) is 3. The Morgan fingerprint density at radius 2 is 1.93 bits per heavy atom. The number of H-pyrrole nitrogens is 1. The lowest BCUT2D eigenvalue weighted by atomic mass is 9.80. The number of fused-ring (bicyclic) bond motifs is 3. The summed E-state index contributed by atoms with van der Waals surface area (Å²) < 4.78 is 1.81. The van der Waals surface area contributed by atoms with E-state index in [1.54, 1.807) is 10.8 Å². The quantitative estimate of drug-likeness (QED) is 0.483. The molecule has 0 bridgehead atoms. The largest absolute Gasteiger partial charge is 0.399 e. The highest BCUT2D eigenvalue weighted by atomic mass is 15.4. The number of benzene rings is 1. The third-order valence-corrected chi connectivity index (χ3v) is 5.74. The van der Waals surface area contributed by atoms with Crippen LogP contribution >= 0.6 is 0 Å². The van der Waals surface area contributed by atoms with Crippen molar-refractivity contribution in [2.75, 3.05) is 17.6 Å². The van der Waals surface area contributed by atoms with Crippen LogP contribution in [0.3, 0.4) is 0 Å². The molecule has 138 valence electrons. The molecule has 4 aromatic rings. The third-order valence-electron chi connectivity index (χ3n) is 5.74. The number of anilines is 2. The fourth-order valence-electron chi connectivity index (χ4n) is 4.20. The van der Waals surface area contributed by atoms with Crippen molar-refractivity contribution < 1.29 is 0 Å². The van der Waals surface area contributed by atoms with E-state index in [-0.39, 0.29) is 0 Å². The van der Waals surface area contributed by atoms with E-state index in [4.69, 9.17) is 5.73 Å². The van der Waals surface area contributed by atoms with Crippen molar-refractivity contribution in [2.24, 2.45) is 5.92 Å². The Morgan fingerprint density at radius 3 is 2.74 bits per heavy atom. The van der Waals surface area contributed by atoms with Gasteiger partial charge in [-0.1, -0.05) is 5.21 Å². The van der Waals surface area contributed by atoms with Crippen LogP contribution in [0, 0.1) is 5.92 Å². The van der Waals surface area contributed by atoms with Gasteiger partial charge in [-0.2, -0.15) is 0 Å². The first-order chi connectivity index (χ1) is 13.3. The van der Waals surface area contributed by atoms with E-state index >= 15 is 0 Å². The average Bonchev–Trinajstić information content (AvgIpc) is 3.34. The molecule has 0 amide bonds.